The molecule has 7 nitrogen and oxygen atoms in total. The smallest absolute Gasteiger partial charge is 0.248 e. The number of hydrogen-bond acceptors (Lipinski definition) is 4. The predicted octanol–water partition coefficient (Wildman–Crippen LogP) is 2.37. The molecule has 2 heterocycles. The molecule has 124 valence electrons. The minimum atomic E-state index is -0.286. The van der Waals surface area contributed by atoms with E-state index in [-0.39, 0.29) is 24.2 Å². The molecular formula is C15H14BrFN6O. The Kier molecular flexibility index (Phi) is 4.70. The number of amides is 1. The summed E-state index contributed by atoms with van der Waals surface area (Å²) in [5, 5.41) is 11.0. The SMILES string of the molecule is Cc1nn(CC(=O)Nc2ncn(Cc3ccc(F)cc3)n2)cc1Br. The lowest BCUT2D eigenvalue weighted by molar-refractivity contribution is -0.116. The number of nitrogens with one attached hydrogen (secondary N) is 1. The fourth-order valence-corrected chi connectivity index (χ4v) is 2.41. The summed E-state index contributed by atoms with van der Waals surface area (Å²) in [4.78, 5) is 16.0. The number of hydrogen-bond donors (Lipinski definition) is 1. The molecule has 2 aromatic heterocycles. The van der Waals surface area contributed by atoms with Gasteiger partial charge in [0.15, 0.2) is 0 Å². The average molecular weight is 393 g/mol. The molecule has 0 unspecified atom stereocenters. The first-order valence-electron chi connectivity index (χ1n) is 7.13. The Bertz CT molecular complexity index is 838. The number of aryl methyl sites for hydroxylation is 1. The summed E-state index contributed by atoms with van der Waals surface area (Å²) in [6, 6.07) is 6.12. The van der Waals surface area contributed by atoms with E-state index in [0.717, 1.165) is 15.7 Å². The third kappa shape index (κ3) is 4.05. The van der Waals surface area contributed by atoms with Crippen LogP contribution in [-0.2, 0) is 17.9 Å². The summed E-state index contributed by atoms with van der Waals surface area (Å²) in [5.41, 5.74) is 1.69. The molecule has 0 bridgehead atoms. The van der Waals surface area contributed by atoms with Crippen molar-refractivity contribution in [2.75, 3.05) is 5.32 Å². The third-order valence-corrected chi connectivity index (χ3v) is 4.02. The van der Waals surface area contributed by atoms with E-state index in [0.29, 0.717) is 6.54 Å². The molecule has 0 saturated heterocycles. The van der Waals surface area contributed by atoms with Crippen molar-refractivity contribution in [3.05, 3.63) is 58.3 Å². The number of rotatable bonds is 5. The van der Waals surface area contributed by atoms with Crippen molar-refractivity contribution in [2.45, 2.75) is 20.0 Å². The second-order valence-corrected chi connectivity index (χ2v) is 6.05. The molecule has 0 radical (unpaired) electrons. The monoisotopic (exact) mass is 392 g/mol. The normalized spacial score (nSPS) is 10.8. The molecule has 3 rings (SSSR count). The van der Waals surface area contributed by atoms with Crippen LogP contribution in [0.1, 0.15) is 11.3 Å². The number of carbonyl (C=O) groups is 1. The van der Waals surface area contributed by atoms with Crippen molar-refractivity contribution >= 4 is 27.8 Å². The zero-order valence-electron chi connectivity index (χ0n) is 12.8. The highest BCUT2D eigenvalue weighted by Gasteiger charge is 2.10. The first-order valence-corrected chi connectivity index (χ1v) is 7.92. The maximum atomic E-state index is 12.9. The van der Waals surface area contributed by atoms with Gasteiger partial charge < -0.3 is 0 Å². The summed E-state index contributed by atoms with van der Waals surface area (Å²) in [6.45, 7) is 2.35. The molecule has 0 spiro atoms. The van der Waals surface area contributed by atoms with Gasteiger partial charge in [0, 0.05) is 6.20 Å². The fraction of sp³-hybridized carbons (Fsp3) is 0.200. The highest BCUT2D eigenvalue weighted by Crippen LogP contribution is 2.13. The van der Waals surface area contributed by atoms with E-state index in [1.54, 1.807) is 23.0 Å². The van der Waals surface area contributed by atoms with Gasteiger partial charge in [0.1, 0.15) is 18.7 Å². The Hall–Kier alpha value is -2.55. The van der Waals surface area contributed by atoms with Gasteiger partial charge in [0.05, 0.1) is 16.7 Å². The van der Waals surface area contributed by atoms with E-state index in [9.17, 15) is 9.18 Å². The second kappa shape index (κ2) is 6.91. The molecule has 0 aliphatic heterocycles. The first kappa shape index (κ1) is 16.3. The minimum Gasteiger partial charge on any atom is -0.292 e. The lowest BCUT2D eigenvalue weighted by Gasteiger charge is -2.02. The van der Waals surface area contributed by atoms with Crippen LogP contribution in [0, 0.1) is 12.7 Å². The molecule has 3 aromatic rings. The summed E-state index contributed by atoms with van der Waals surface area (Å²) in [5.74, 6) is -0.347. The van der Waals surface area contributed by atoms with E-state index < -0.39 is 0 Å². The molecule has 0 fully saturated rings. The quantitative estimate of drug-likeness (QED) is 0.722. The van der Waals surface area contributed by atoms with Gasteiger partial charge >= 0.3 is 0 Å². The van der Waals surface area contributed by atoms with Crippen LogP contribution in [0.3, 0.4) is 0 Å². The largest absolute Gasteiger partial charge is 0.292 e. The number of carbonyl (C=O) groups excluding carboxylic acids is 1. The van der Waals surface area contributed by atoms with Crippen LogP contribution in [0.15, 0.2) is 41.3 Å². The van der Waals surface area contributed by atoms with Gasteiger partial charge in [0.25, 0.3) is 0 Å². The summed E-state index contributed by atoms with van der Waals surface area (Å²) in [7, 11) is 0. The van der Waals surface area contributed by atoms with E-state index in [1.165, 1.54) is 23.1 Å². The van der Waals surface area contributed by atoms with Gasteiger partial charge in [-0.2, -0.15) is 5.10 Å². The third-order valence-electron chi connectivity index (χ3n) is 3.24. The predicted molar refractivity (Wildman–Crippen MR) is 88.8 cm³/mol. The van der Waals surface area contributed by atoms with Gasteiger partial charge in [-0.3, -0.25) is 14.8 Å². The Morgan fingerprint density at radius 2 is 2.00 bits per heavy atom. The molecule has 0 aliphatic carbocycles. The highest BCUT2D eigenvalue weighted by molar-refractivity contribution is 9.10. The van der Waals surface area contributed by atoms with Crippen LogP contribution < -0.4 is 5.32 Å². The Balaban J connectivity index is 1.59. The summed E-state index contributed by atoms with van der Waals surface area (Å²) in [6.07, 6.45) is 3.24. The maximum absolute atomic E-state index is 12.9. The lowest BCUT2D eigenvalue weighted by Crippen LogP contribution is -2.20. The number of aromatic nitrogens is 5. The lowest BCUT2D eigenvalue weighted by atomic mass is 10.2. The minimum absolute atomic E-state index is 0.0684. The number of nitrogens with zero attached hydrogens (tertiary/aromatic N) is 5. The molecule has 1 aromatic carbocycles. The molecule has 24 heavy (non-hydrogen) atoms. The average Bonchev–Trinajstić information content (AvgIpc) is 3.08. The Morgan fingerprint density at radius 3 is 2.67 bits per heavy atom. The van der Waals surface area contributed by atoms with E-state index in [4.69, 9.17) is 0 Å². The number of benzene rings is 1. The van der Waals surface area contributed by atoms with Gasteiger partial charge in [0.2, 0.25) is 11.9 Å². The molecule has 0 atom stereocenters. The van der Waals surface area contributed by atoms with Gasteiger partial charge in [-0.1, -0.05) is 12.1 Å². The van der Waals surface area contributed by atoms with Gasteiger partial charge in [-0.15, -0.1) is 5.10 Å². The van der Waals surface area contributed by atoms with E-state index in [1.807, 2.05) is 6.92 Å². The molecular weight excluding hydrogens is 379 g/mol. The van der Waals surface area contributed by atoms with Crippen LogP contribution >= 0.6 is 15.9 Å². The zero-order chi connectivity index (χ0) is 17.1. The van der Waals surface area contributed by atoms with Crippen LogP contribution in [-0.4, -0.2) is 30.5 Å². The van der Waals surface area contributed by atoms with Crippen LogP contribution in [0.2, 0.25) is 0 Å². The van der Waals surface area contributed by atoms with Gasteiger partial charge in [-0.05, 0) is 40.5 Å². The molecule has 1 amide bonds. The highest BCUT2D eigenvalue weighted by atomic mass is 79.9. The topological polar surface area (TPSA) is 77.6 Å². The summed E-state index contributed by atoms with van der Waals surface area (Å²) < 4.78 is 16.8. The molecule has 0 aliphatic rings. The van der Waals surface area contributed by atoms with Crippen LogP contribution in [0.25, 0.3) is 0 Å². The summed E-state index contributed by atoms with van der Waals surface area (Å²) >= 11 is 3.35. The molecule has 1 N–H and O–H groups in total. The van der Waals surface area contributed by atoms with Crippen molar-refractivity contribution in [2.24, 2.45) is 0 Å². The molecule has 0 saturated carbocycles. The van der Waals surface area contributed by atoms with Crippen molar-refractivity contribution < 1.29 is 9.18 Å². The van der Waals surface area contributed by atoms with Crippen molar-refractivity contribution in [1.29, 1.82) is 0 Å². The van der Waals surface area contributed by atoms with E-state index in [2.05, 4.69) is 36.4 Å². The standard InChI is InChI=1S/C15H14BrFN6O/c1-10-13(16)7-22(20-10)8-14(24)19-15-18-9-23(21-15)6-11-2-4-12(17)5-3-11/h2-5,7,9H,6,8H2,1H3,(H,19,21,24). The maximum Gasteiger partial charge on any atom is 0.248 e. The molecule has 9 heteroatoms. The second-order valence-electron chi connectivity index (χ2n) is 5.20. The zero-order valence-corrected chi connectivity index (χ0v) is 14.4. The van der Waals surface area contributed by atoms with Crippen molar-refractivity contribution in [3.63, 3.8) is 0 Å². The van der Waals surface area contributed by atoms with Crippen molar-refractivity contribution in [3.8, 4) is 0 Å². The fourth-order valence-electron chi connectivity index (χ4n) is 2.09. The van der Waals surface area contributed by atoms with Gasteiger partial charge in [-0.25, -0.2) is 14.1 Å². The number of halogens is 2. The Labute approximate surface area is 145 Å². The van der Waals surface area contributed by atoms with Crippen molar-refractivity contribution in [1.82, 2.24) is 24.5 Å². The number of anilines is 1. The van der Waals surface area contributed by atoms with Crippen LogP contribution in [0.5, 0.6) is 0 Å². The Morgan fingerprint density at radius 1 is 1.25 bits per heavy atom. The van der Waals surface area contributed by atoms with Crippen LogP contribution in [0.4, 0.5) is 10.3 Å². The van der Waals surface area contributed by atoms with E-state index >= 15 is 0 Å². The first-order chi connectivity index (χ1) is 11.5.